The summed E-state index contributed by atoms with van der Waals surface area (Å²) in [6.07, 6.45) is 3.13. The molecule has 0 radical (unpaired) electrons. The number of amides is 1. The summed E-state index contributed by atoms with van der Waals surface area (Å²) in [4.78, 5) is 15.9. The van der Waals surface area contributed by atoms with E-state index >= 15 is 0 Å². The molecule has 0 saturated carbocycles. The highest BCUT2D eigenvalue weighted by Gasteiger charge is 2.07. The lowest BCUT2D eigenvalue weighted by Gasteiger charge is -2.06. The molecule has 0 bridgehead atoms. The molecular weight excluding hydrogens is 288 g/mol. The molecule has 2 heterocycles. The van der Waals surface area contributed by atoms with Gasteiger partial charge in [-0.15, -0.1) is 0 Å². The predicted octanol–water partition coefficient (Wildman–Crippen LogP) is 3.38. The van der Waals surface area contributed by atoms with Gasteiger partial charge in [-0.1, -0.05) is 23.7 Å². The third kappa shape index (κ3) is 3.09. The third-order valence-electron chi connectivity index (χ3n) is 2.94. The average Bonchev–Trinajstić information content (AvgIpc) is 3.03. The van der Waals surface area contributed by atoms with Crippen molar-refractivity contribution < 1.29 is 4.79 Å². The van der Waals surface area contributed by atoms with Crippen molar-refractivity contribution >= 4 is 23.2 Å². The summed E-state index contributed by atoms with van der Waals surface area (Å²) in [7, 11) is 0. The van der Waals surface area contributed by atoms with Crippen LogP contribution in [0.1, 0.15) is 10.4 Å². The highest BCUT2D eigenvalue weighted by Crippen LogP contribution is 2.19. The quantitative estimate of drug-likeness (QED) is 0.728. The maximum Gasteiger partial charge on any atom is 0.257 e. The number of rotatable bonds is 3. The smallest absolute Gasteiger partial charge is 0.257 e. The van der Waals surface area contributed by atoms with Gasteiger partial charge in [0.25, 0.3) is 5.91 Å². The molecule has 2 aromatic heterocycles. The van der Waals surface area contributed by atoms with Crippen molar-refractivity contribution in [2.45, 2.75) is 0 Å². The number of carbonyl (C=O) groups excluding carboxylic acids is 1. The molecular formula is C15H11ClN4O. The SMILES string of the molecule is O=C(Nc1ccc(-c2ccn[nH]2)cc1)c1ccc(Cl)nc1. The Morgan fingerprint density at radius 3 is 2.52 bits per heavy atom. The van der Waals surface area contributed by atoms with Gasteiger partial charge >= 0.3 is 0 Å². The van der Waals surface area contributed by atoms with Crippen LogP contribution in [-0.4, -0.2) is 21.1 Å². The molecule has 0 aliphatic rings. The monoisotopic (exact) mass is 298 g/mol. The number of carbonyl (C=O) groups is 1. The Hall–Kier alpha value is -2.66. The van der Waals surface area contributed by atoms with E-state index in [0.29, 0.717) is 16.4 Å². The fourth-order valence-corrected chi connectivity index (χ4v) is 1.97. The molecule has 1 aromatic carbocycles. The molecule has 0 unspecified atom stereocenters. The average molecular weight is 299 g/mol. The minimum absolute atomic E-state index is 0.228. The maximum atomic E-state index is 12.0. The lowest BCUT2D eigenvalue weighted by molar-refractivity contribution is 0.102. The molecule has 104 valence electrons. The van der Waals surface area contributed by atoms with Crippen LogP contribution in [0.2, 0.25) is 5.15 Å². The number of benzene rings is 1. The number of nitrogens with one attached hydrogen (secondary N) is 2. The number of hydrogen-bond donors (Lipinski definition) is 2. The van der Waals surface area contributed by atoms with Gasteiger partial charge in [-0.25, -0.2) is 4.98 Å². The van der Waals surface area contributed by atoms with Crippen molar-refractivity contribution in [2.24, 2.45) is 0 Å². The van der Waals surface area contributed by atoms with Gasteiger partial charge in [0.05, 0.1) is 11.3 Å². The van der Waals surface area contributed by atoms with E-state index in [1.54, 1.807) is 18.3 Å². The van der Waals surface area contributed by atoms with E-state index in [9.17, 15) is 4.79 Å². The minimum atomic E-state index is -0.228. The highest BCUT2D eigenvalue weighted by atomic mass is 35.5. The number of hydrogen-bond acceptors (Lipinski definition) is 3. The van der Waals surface area contributed by atoms with Gasteiger partial charge in [-0.2, -0.15) is 5.10 Å². The van der Waals surface area contributed by atoms with E-state index in [1.165, 1.54) is 6.20 Å². The van der Waals surface area contributed by atoms with Crippen LogP contribution in [-0.2, 0) is 0 Å². The Kier molecular flexibility index (Phi) is 3.66. The first-order chi connectivity index (χ1) is 10.2. The number of H-pyrrole nitrogens is 1. The fraction of sp³-hybridized carbons (Fsp3) is 0. The fourth-order valence-electron chi connectivity index (χ4n) is 1.86. The molecule has 0 saturated heterocycles. The number of nitrogens with zero attached hydrogens (tertiary/aromatic N) is 2. The van der Waals surface area contributed by atoms with Crippen molar-refractivity contribution in [1.29, 1.82) is 0 Å². The molecule has 6 heteroatoms. The number of aromatic amines is 1. The molecule has 0 fully saturated rings. The second-order valence-corrected chi connectivity index (χ2v) is 4.76. The van der Waals surface area contributed by atoms with E-state index < -0.39 is 0 Å². The molecule has 0 aliphatic carbocycles. The van der Waals surface area contributed by atoms with Crippen LogP contribution in [0.4, 0.5) is 5.69 Å². The zero-order chi connectivity index (χ0) is 14.7. The topological polar surface area (TPSA) is 70.7 Å². The molecule has 2 N–H and O–H groups in total. The number of halogens is 1. The van der Waals surface area contributed by atoms with Crippen molar-refractivity contribution in [3.63, 3.8) is 0 Å². The van der Waals surface area contributed by atoms with Gasteiger partial charge in [0, 0.05) is 18.1 Å². The minimum Gasteiger partial charge on any atom is -0.322 e. The first kappa shape index (κ1) is 13.3. The Morgan fingerprint density at radius 1 is 1.10 bits per heavy atom. The lowest BCUT2D eigenvalue weighted by atomic mass is 10.1. The van der Waals surface area contributed by atoms with Gasteiger partial charge in [0.1, 0.15) is 5.15 Å². The van der Waals surface area contributed by atoms with E-state index in [-0.39, 0.29) is 5.91 Å². The second-order valence-electron chi connectivity index (χ2n) is 4.37. The van der Waals surface area contributed by atoms with Crippen molar-refractivity contribution in [3.05, 3.63) is 65.6 Å². The first-order valence-electron chi connectivity index (χ1n) is 6.25. The summed E-state index contributed by atoms with van der Waals surface area (Å²) in [6.45, 7) is 0. The van der Waals surface area contributed by atoms with E-state index in [0.717, 1.165) is 11.3 Å². The molecule has 0 aliphatic heterocycles. The summed E-state index contributed by atoms with van der Waals surface area (Å²) in [5.74, 6) is -0.228. The highest BCUT2D eigenvalue weighted by molar-refractivity contribution is 6.29. The largest absolute Gasteiger partial charge is 0.322 e. The summed E-state index contributed by atoms with van der Waals surface area (Å²) in [5.41, 5.74) is 3.09. The van der Waals surface area contributed by atoms with Crippen LogP contribution in [0.3, 0.4) is 0 Å². The van der Waals surface area contributed by atoms with Crippen LogP contribution in [0.15, 0.2) is 54.9 Å². The maximum absolute atomic E-state index is 12.0. The van der Waals surface area contributed by atoms with E-state index in [4.69, 9.17) is 11.6 Å². The Morgan fingerprint density at radius 2 is 1.90 bits per heavy atom. The van der Waals surface area contributed by atoms with Crippen molar-refractivity contribution in [1.82, 2.24) is 15.2 Å². The van der Waals surface area contributed by atoms with Crippen LogP contribution in [0.5, 0.6) is 0 Å². The van der Waals surface area contributed by atoms with Gasteiger partial charge in [-0.05, 0) is 35.9 Å². The summed E-state index contributed by atoms with van der Waals surface area (Å²) < 4.78 is 0. The molecule has 5 nitrogen and oxygen atoms in total. The number of pyridine rings is 1. The van der Waals surface area contributed by atoms with Crippen LogP contribution in [0.25, 0.3) is 11.3 Å². The predicted molar refractivity (Wildman–Crippen MR) is 81.2 cm³/mol. The molecule has 0 atom stereocenters. The molecule has 3 rings (SSSR count). The normalized spacial score (nSPS) is 10.3. The van der Waals surface area contributed by atoms with E-state index in [2.05, 4.69) is 20.5 Å². The second kappa shape index (κ2) is 5.76. The van der Waals surface area contributed by atoms with Crippen LogP contribution < -0.4 is 5.32 Å². The van der Waals surface area contributed by atoms with Gasteiger partial charge in [0.2, 0.25) is 0 Å². The Balaban J connectivity index is 1.73. The Bertz CT molecular complexity index is 736. The Labute approximate surface area is 126 Å². The van der Waals surface area contributed by atoms with E-state index in [1.807, 2.05) is 30.3 Å². The zero-order valence-electron chi connectivity index (χ0n) is 10.9. The van der Waals surface area contributed by atoms with Crippen LogP contribution in [0, 0.1) is 0 Å². The third-order valence-corrected chi connectivity index (χ3v) is 3.17. The molecule has 3 aromatic rings. The molecule has 0 spiro atoms. The summed E-state index contributed by atoms with van der Waals surface area (Å²) in [5, 5.41) is 9.95. The molecule has 1 amide bonds. The first-order valence-corrected chi connectivity index (χ1v) is 6.63. The van der Waals surface area contributed by atoms with Crippen molar-refractivity contribution in [2.75, 3.05) is 5.32 Å². The van der Waals surface area contributed by atoms with Crippen molar-refractivity contribution in [3.8, 4) is 11.3 Å². The number of anilines is 1. The van der Waals surface area contributed by atoms with Gasteiger partial charge in [-0.3, -0.25) is 9.89 Å². The lowest BCUT2D eigenvalue weighted by Crippen LogP contribution is -2.11. The molecule has 21 heavy (non-hydrogen) atoms. The summed E-state index contributed by atoms with van der Waals surface area (Å²) >= 11 is 5.69. The number of aromatic nitrogens is 3. The zero-order valence-corrected chi connectivity index (χ0v) is 11.6. The van der Waals surface area contributed by atoms with Gasteiger partial charge < -0.3 is 5.32 Å². The van der Waals surface area contributed by atoms with Crippen LogP contribution >= 0.6 is 11.6 Å². The standard InChI is InChI=1S/C15H11ClN4O/c16-14-6-3-11(9-17-14)15(21)19-12-4-1-10(2-5-12)13-7-8-18-20-13/h1-9H,(H,18,20)(H,19,21). The van der Waals surface area contributed by atoms with Gasteiger partial charge in [0.15, 0.2) is 0 Å². The summed E-state index contributed by atoms with van der Waals surface area (Å²) in [6, 6.07) is 12.6.